The fourth-order valence-electron chi connectivity index (χ4n) is 1.35. The summed E-state index contributed by atoms with van der Waals surface area (Å²) in [7, 11) is 0. The Morgan fingerprint density at radius 1 is 1.50 bits per heavy atom. The molecule has 0 aliphatic rings. The molecule has 1 heterocycles. The quantitative estimate of drug-likeness (QED) is 0.777. The zero-order valence-electron chi connectivity index (χ0n) is 7.79. The lowest BCUT2D eigenvalue weighted by Crippen LogP contribution is -2.08. The lowest BCUT2D eigenvalue weighted by molar-refractivity contribution is 0.397. The first kappa shape index (κ1) is 10.0. The predicted molar refractivity (Wildman–Crippen MR) is 59.1 cm³/mol. The third kappa shape index (κ3) is 2.77. The lowest BCUT2D eigenvalue weighted by atomic mass is 10.1. The van der Waals surface area contributed by atoms with Crippen molar-refractivity contribution >= 4 is 22.6 Å². The lowest BCUT2D eigenvalue weighted by Gasteiger charge is -2.13. The summed E-state index contributed by atoms with van der Waals surface area (Å²) in [6.07, 6.45) is 3.24. The van der Waals surface area contributed by atoms with E-state index in [9.17, 15) is 0 Å². The van der Waals surface area contributed by atoms with Crippen LogP contribution in [0.15, 0.2) is 12.3 Å². The number of halogens is 1. The maximum absolute atomic E-state index is 4.37. The molecule has 1 rings (SSSR count). The van der Waals surface area contributed by atoms with Gasteiger partial charge in [0.05, 0.1) is 0 Å². The Morgan fingerprint density at radius 3 is 2.58 bits per heavy atom. The van der Waals surface area contributed by atoms with Gasteiger partial charge in [0, 0.05) is 12.2 Å². The molecule has 0 saturated carbocycles. The molecule has 1 unspecified atom stereocenters. The van der Waals surface area contributed by atoms with Crippen molar-refractivity contribution in [2.45, 2.75) is 33.2 Å². The Hall–Kier alpha value is -0.0600. The van der Waals surface area contributed by atoms with Crippen molar-refractivity contribution in [2.24, 2.45) is 5.92 Å². The molecule has 2 nitrogen and oxygen atoms in total. The number of hydrogen-bond donors (Lipinski definition) is 0. The molecule has 0 spiro atoms. The first-order chi connectivity index (χ1) is 5.59. The molecule has 0 radical (unpaired) electrons. The zero-order valence-corrected chi connectivity index (χ0v) is 9.95. The van der Waals surface area contributed by atoms with Crippen molar-refractivity contribution in [3.05, 3.63) is 16.0 Å². The highest BCUT2D eigenvalue weighted by Crippen LogP contribution is 2.16. The van der Waals surface area contributed by atoms with Crippen LogP contribution in [-0.4, -0.2) is 9.78 Å². The summed E-state index contributed by atoms with van der Waals surface area (Å²) in [5.74, 6) is 0.738. The van der Waals surface area contributed by atoms with Gasteiger partial charge in [-0.2, -0.15) is 5.10 Å². The summed E-state index contributed by atoms with van der Waals surface area (Å²) >= 11 is 2.24. The largest absolute Gasteiger partial charge is 0.269 e. The highest BCUT2D eigenvalue weighted by molar-refractivity contribution is 14.1. The molecule has 0 aliphatic heterocycles. The third-order valence-corrected chi connectivity index (χ3v) is 2.42. The smallest absolute Gasteiger partial charge is 0.123 e. The second kappa shape index (κ2) is 4.25. The number of aromatic nitrogens is 2. The number of rotatable bonds is 3. The van der Waals surface area contributed by atoms with Crippen LogP contribution < -0.4 is 0 Å². The fourth-order valence-corrected chi connectivity index (χ4v) is 1.76. The van der Waals surface area contributed by atoms with Crippen LogP contribution in [0.1, 0.15) is 33.2 Å². The van der Waals surface area contributed by atoms with Gasteiger partial charge < -0.3 is 0 Å². The van der Waals surface area contributed by atoms with Crippen LogP contribution in [0.25, 0.3) is 0 Å². The minimum atomic E-state index is 0.522. The van der Waals surface area contributed by atoms with Gasteiger partial charge in [-0.15, -0.1) is 0 Å². The van der Waals surface area contributed by atoms with Crippen LogP contribution in [0.3, 0.4) is 0 Å². The Balaban J connectivity index is 2.58. The Kier molecular flexibility index (Phi) is 3.55. The third-order valence-electron chi connectivity index (χ3n) is 1.84. The van der Waals surface area contributed by atoms with E-state index in [1.807, 2.05) is 10.7 Å². The summed E-state index contributed by atoms with van der Waals surface area (Å²) < 4.78 is 3.12. The molecule has 0 amide bonds. The van der Waals surface area contributed by atoms with Crippen molar-refractivity contribution in [2.75, 3.05) is 0 Å². The van der Waals surface area contributed by atoms with Crippen LogP contribution >= 0.6 is 22.6 Å². The van der Waals surface area contributed by atoms with Gasteiger partial charge in [0.25, 0.3) is 0 Å². The molecule has 0 N–H and O–H groups in total. The van der Waals surface area contributed by atoms with E-state index in [0.29, 0.717) is 6.04 Å². The monoisotopic (exact) mass is 278 g/mol. The van der Waals surface area contributed by atoms with Gasteiger partial charge in [0.15, 0.2) is 0 Å². The maximum Gasteiger partial charge on any atom is 0.123 e. The minimum absolute atomic E-state index is 0.522. The van der Waals surface area contributed by atoms with Crippen LogP contribution in [0.5, 0.6) is 0 Å². The van der Waals surface area contributed by atoms with Crippen LogP contribution in [0, 0.1) is 9.62 Å². The average Bonchev–Trinajstić information content (AvgIpc) is 2.34. The zero-order chi connectivity index (χ0) is 9.14. The molecule has 3 heteroatoms. The highest BCUT2D eigenvalue weighted by Gasteiger charge is 2.07. The standard InChI is InChI=1S/C9H15IN2/c1-7(2)6-8(3)12-5-4-9(10)11-12/h4-5,7-8H,6H2,1-3H3. The number of hydrogen-bond acceptors (Lipinski definition) is 1. The van der Waals surface area contributed by atoms with Gasteiger partial charge in [-0.05, 0) is 47.9 Å². The summed E-state index contributed by atoms with van der Waals surface area (Å²) in [4.78, 5) is 0. The van der Waals surface area contributed by atoms with Crippen molar-refractivity contribution < 1.29 is 0 Å². The van der Waals surface area contributed by atoms with E-state index in [-0.39, 0.29) is 0 Å². The molecule has 0 aliphatic carbocycles. The second-order valence-electron chi connectivity index (χ2n) is 3.60. The summed E-state index contributed by atoms with van der Waals surface area (Å²) in [6, 6.07) is 2.56. The Labute approximate surface area is 87.5 Å². The van der Waals surface area contributed by atoms with Crippen LogP contribution in [0.2, 0.25) is 0 Å². The van der Waals surface area contributed by atoms with E-state index in [1.54, 1.807) is 0 Å². The number of nitrogens with zero attached hydrogens (tertiary/aromatic N) is 2. The van der Waals surface area contributed by atoms with E-state index >= 15 is 0 Å². The Morgan fingerprint density at radius 2 is 2.17 bits per heavy atom. The van der Waals surface area contributed by atoms with Gasteiger partial charge in [0.2, 0.25) is 0 Å². The van der Waals surface area contributed by atoms with Crippen molar-refractivity contribution in [1.29, 1.82) is 0 Å². The molecule has 1 atom stereocenters. The highest BCUT2D eigenvalue weighted by atomic mass is 127. The van der Waals surface area contributed by atoms with Gasteiger partial charge in [-0.25, -0.2) is 0 Å². The Bertz CT molecular complexity index is 242. The van der Waals surface area contributed by atoms with Gasteiger partial charge >= 0.3 is 0 Å². The van der Waals surface area contributed by atoms with E-state index in [2.05, 4.69) is 54.7 Å². The van der Waals surface area contributed by atoms with Gasteiger partial charge in [-0.3, -0.25) is 4.68 Å². The minimum Gasteiger partial charge on any atom is -0.269 e. The normalized spacial score (nSPS) is 13.8. The molecular weight excluding hydrogens is 263 g/mol. The average molecular weight is 278 g/mol. The van der Waals surface area contributed by atoms with Gasteiger partial charge in [0.1, 0.15) is 3.70 Å². The van der Waals surface area contributed by atoms with Crippen LogP contribution in [0.4, 0.5) is 0 Å². The topological polar surface area (TPSA) is 17.8 Å². The summed E-state index contributed by atoms with van der Waals surface area (Å²) in [5.41, 5.74) is 0. The molecule has 0 aromatic carbocycles. The maximum atomic E-state index is 4.37. The van der Waals surface area contributed by atoms with Crippen molar-refractivity contribution in [1.82, 2.24) is 9.78 Å². The van der Waals surface area contributed by atoms with E-state index in [0.717, 1.165) is 9.62 Å². The van der Waals surface area contributed by atoms with Crippen LogP contribution in [-0.2, 0) is 0 Å². The van der Waals surface area contributed by atoms with E-state index in [1.165, 1.54) is 6.42 Å². The van der Waals surface area contributed by atoms with Crippen molar-refractivity contribution in [3.8, 4) is 0 Å². The van der Waals surface area contributed by atoms with Crippen molar-refractivity contribution in [3.63, 3.8) is 0 Å². The first-order valence-electron chi connectivity index (χ1n) is 4.30. The second-order valence-corrected chi connectivity index (χ2v) is 4.70. The molecule has 1 aromatic heterocycles. The molecule has 0 bridgehead atoms. The summed E-state index contributed by atoms with van der Waals surface area (Å²) in [5, 5.41) is 4.37. The van der Waals surface area contributed by atoms with Gasteiger partial charge in [-0.1, -0.05) is 13.8 Å². The molecule has 68 valence electrons. The summed E-state index contributed by atoms with van der Waals surface area (Å²) in [6.45, 7) is 6.69. The fraction of sp³-hybridized carbons (Fsp3) is 0.667. The predicted octanol–water partition coefficient (Wildman–Crippen LogP) is 3.09. The van der Waals surface area contributed by atoms with E-state index < -0.39 is 0 Å². The SMILES string of the molecule is CC(C)CC(C)n1ccc(I)n1. The molecule has 0 fully saturated rings. The molecule has 12 heavy (non-hydrogen) atoms. The molecule has 1 aromatic rings. The van der Waals surface area contributed by atoms with E-state index in [4.69, 9.17) is 0 Å². The molecular formula is C9H15IN2. The first-order valence-corrected chi connectivity index (χ1v) is 5.38. The molecule has 0 saturated heterocycles.